The van der Waals surface area contributed by atoms with E-state index in [1.165, 1.54) is 18.4 Å². The van der Waals surface area contributed by atoms with E-state index in [-0.39, 0.29) is 29.0 Å². The maximum Gasteiger partial charge on any atom is 0.251 e. The Morgan fingerprint density at radius 1 is 1.07 bits per heavy atom. The number of benzene rings is 2. The van der Waals surface area contributed by atoms with Gasteiger partial charge in [0.05, 0.1) is 30.4 Å². The largest absolute Gasteiger partial charge is 0.493 e. The van der Waals surface area contributed by atoms with Crippen LogP contribution in [0.3, 0.4) is 0 Å². The lowest BCUT2D eigenvalue weighted by Gasteiger charge is -2.26. The van der Waals surface area contributed by atoms with Gasteiger partial charge in [-0.3, -0.25) is 4.79 Å². The molecule has 7 nitrogen and oxygen atoms in total. The van der Waals surface area contributed by atoms with Gasteiger partial charge < -0.3 is 14.5 Å². The van der Waals surface area contributed by atoms with E-state index in [9.17, 15) is 13.2 Å². The summed E-state index contributed by atoms with van der Waals surface area (Å²) in [5, 5.41) is 2.98. The summed E-state index contributed by atoms with van der Waals surface area (Å²) < 4.78 is 38.3. The second-order valence-corrected chi connectivity index (χ2v) is 8.40. The number of ether oxygens (including phenoxy) is 1. The number of amides is 1. The summed E-state index contributed by atoms with van der Waals surface area (Å²) in [7, 11) is -3.78. The lowest BCUT2D eigenvalue weighted by atomic mass is 10.00. The van der Waals surface area contributed by atoms with Gasteiger partial charge in [0, 0.05) is 17.5 Å². The van der Waals surface area contributed by atoms with Gasteiger partial charge in [-0.25, -0.2) is 13.1 Å². The monoisotopic (exact) mass is 412 g/mol. The zero-order valence-electron chi connectivity index (χ0n) is 15.5. The van der Waals surface area contributed by atoms with Crippen LogP contribution in [0.4, 0.5) is 0 Å². The van der Waals surface area contributed by atoms with Gasteiger partial charge in [-0.15, -0.1) is 0 Å². The molecule has 0 radical (unpaired) electrons. The van der Waals surface area contributed by atoms with E-state index >= 15 is 0 Å². The molecule has 1 atom stereocenters. The maximum atomic E-state index is 12.8. The number of rotatable bonds is 6. The Balaban J connectivity index is 1.49. The Morgan fingerprint density at radius 3 is 2.76 bits per heavy atom. The predicted molar refractivity (Wildman–Crippen MR) is 106 cm³/mol. The first-order valence-electron chi connectivity index (χ1n) is 9.18. The van der Waals surface area contributed by atoms with Crippen molar-refractivity contribution < 1.29 is 22.4 Å². The minimum atomic E-state index is -3.78. The summed E-state index contributed by atoms with van der Waals surface area (Å²) in [6, 6.07) is 16.7. The van der Waals surface area contributed by atoms with Crippen LogP contribution in [0.5, 0.6) is 5.75 Å². The van der Waals surface area contributed by atoms with Gasteiger partial charge >= 0.3 is 0 Å². The summed E-state index contributed by atoms with van der Waals surface area (Å²) in [5.41, 5.74) is 1.19. The van der Waals surface area contributed by atoms with Crippen LogP contribution in [0.1, 0.15) is 34.1 Å². The summed E-state index contributed by atoms with van der Waals surface area (Å²) in [6.07, 6.45) is 2.12. The number of hydrogen-bond donors (Lipinski definition) is 2. The molecule has 29 heavy (non-hydrogen) atoms. The van der Waals surface area contributed by atoms with Crippen LogP contribution in [0, 0.1) is 0 Å². The molecule has 3 aromatic rings. The third kappa shape index (κ3) is 4.33. The molecule has 1 amide bonds. The predicted octanol–water partition coefficient (Wildman–Crippen LogP) is 3.01. The number of carbonyl (C=O) groups excluding carboxylic acids is 1. The molecule has 0 fully saturated rings. The van der Waals surface area contributed by atoms with Crippen molar-refractivity contribution in [3.8, 4) is 5.75 Å². The molecule has 0 unspecified atom stereocenters. The molecule has 1 aliphatic heterocycles. The molecule has 150 valence electrons. The smallest absolute Gasteiger partial charge is 0.251 e. The lowest BCUT2D eigenvalue weighted by molar-refractivity contribution is 0.0924. The molecule has 8 heteroatoms. The fraction of sp³-hybridized carbons (Fsp3) is 0.190. The number of nitrogens with one attached hydrogen (secondary N) is 2. The Bertz CT molecular complexity index is 1110. The molecule has 0 aliphatic carbocycles. The summed E-state index contributed by atoms with van der Waals surface area (Å²) in [6.45, 7) is 0.539. The molecule has 4 rings (SSSR count). The minimum absolute atomic E-state index is 0.0177. The Kier molecular flexibility index (Phi) is 5.37. The number of para-hydroxylation sites is 1. The zero-order chi connectivity index (χ0) is 20.3. The van der Waals surface area contributed by atoms with Crippen LogP contribution in [0.2, 0.25) is 0 Å². The zero-order valence-corrected chi connectivity index (χ0v) is 16.3. The molecule has 1 aliphatic rings. The van der Waals surface area contributed by atoms with Crippen LogP contribution in [-0.2, 0) is 16.6 Å². The quantitative estimate of drug-likeness (QED) is 0.649. The number of sulfonamides is 1. The first kappa shape index (κ1) is 19.2. The van der Waals surface area contributed by atoms with E-state index in [0.717, 1.165) is 11.3 Å². The topological polar surface area (TPSA) is 97.6 Å². The average Bonchev–Trinajstić information content (AvgIpc) is 3.26. The molecule has 1 aromatic heterocycles. The molecule has 2 aromatic carbocycles. The molecule has 2 N–H and O–H groups in total. The molecular formula is C21H20N2O5S. The summed E-state index contributed by atoms with van der Waals surface area (Å²) in [5.74, 6) is 0.915. The van der Waals surface area contributed by atoms with E-state index < -0.39 is 10.0 Å². The third-order valence-corrected chi connectivity index (χ3v) is 6.09. The normalized spacial score (nSPS) is 15.9. The van der Waals surface area contributed by atoms with Crippen LogP contribution in [-0.4, -0.2) is 20.9 Å². The molecule has 0 saturated heterocycles. The van der Waals surface area contributed by atoms with Gasteiger partial charge in [0.25, 0.3) is 5.91 Å². The van der Waals surface area contributed by atoms with E-state index in [0.29, 0.717) is 18.8 Å². The van der Waals surface area contributed by atoms with Crippen molar-refractivity contribution in [3.05, 3.63) is 83.8 Å². The highest BCUT2D eigenvalue weighted by atomic mass is 32.2. The molecule has 0 bridgehead atoms. The SMILES string of the molecule is O=C(N[C@H]1CCOc2ccccc21)c1cccc(S(=O)(=O)NCc2ccco2)c1. The second-order valence-electron chi connectivity index (χ2n) is 6.63. The first-order valence-corrected chi connectivity index (χ1v) is 10.7. The summed E-state index contributed by atoms with van der Waals surface area (Å²) in [4.78, 5) is 12.8. The Labute approximate surface area is 168 Å². The van der Waals surface area contributed by atoms with Gasteiger partial charge in [0.1, 0.15) is 11.5 Å². The van der Waals surface area contributed by atoms with Gasteiger partial charge in [0.15, 0.2) is 0 Å². The van der Waals surface area contributed by atoms with Crippen LogP contribution < -0.4 is 14.8 Å². The first-order chi connectivity index (χ1) is 14.0. The van der Waals surface area contributed by atoms with Crippen LogP contribution in [0.15, 0.2) is 76.2 Å². The van der Waals surface area contributed by atoms with Gasteiger partial charge in [0.2, 0.25) is 10.0 Å². The van der Waals surface area contributed by atoms with E-state index in [2.05, 4.69) is 10.0 Å². The number of carbonyl (C=O) groups is 1. The van der Waals surface area contributed by atoms with E-state index in [1.54, 1.807) is 24.3 Å². The minimum Gasteiger partial charge on any atom is -0.493 e. The number of fused-ring (bicyclic) bond motifs is 1. The number of hydrogen-bond acceptors (Lipinski definition) is 5. The van der Waals surface area contributed by atoms with Crippen molar-refractivity contribution in [3.63, 3.8) is 0 Å². The van der Waals surface area contributed by atoms with Crippen molar-refractivity contribution >= 4 is 15.9 Å². The Hall–Kier alpha value is -3.10. The fourth-order valence-electron chi connectivity index (χ4n) is 3.20. The standard InChI is InChI=1S/C21H20N2O5S/c24-21(23-19-10-12-28-20-9-2-1-8-18(19)20)15-5-3-7-17(13-15)29(25,26)22-14-16-6-4-11-27-16/h1-9,11,13,19,22H,10,12,14H2,(H,23,24)/t19-/m0/s1. The molecule has 0 spiro atoms. The van der Waals surface area contributed by atoms with Crippen molar-refractivity contribution in [2.45, 2.75) is 23.9 Å². The fourth-order valence-corrected chi connectivity index (χ4v) is 4.24. The van der Waals surface area contributed by atoms with Crippen LogP contribution in [0.25, 0.3) is 0 Å². The van der Waals surface area contributed by atoms with Crippen molar-refractivity contribution in [1.82, 2.24) is 10.0 Å². The van der Waals surface area contributed by atoms with Gasteiger partial charge in [-0.2, -0.15) is 0 Å². The molecule has 2 heterocycles. The highest BCUT2D eigenvalue weighted by molar-refractivity contribution is 7.89. The van der Waals surface area contributed by atoms with Crippen molar-refractivity contribution in [1.29, 1.82) is 0 Å². The molecule has 0 saturated carbocycles. The van der Waals surface area contributed by atoms with E-state index in [4.69, 9.17) is 9.15 Å². The van der Waals surface area contributed by atoms with E-state index in [1.807, 2.05) is 24.3 Å². The van der Waals surface area contributed by atoms with Crippen molar-refractivity contribution in [2.24, 2.45) is 0 Å². The van der Waals surface area contributed by atoms with Gasteiger partial charge in [-0.05, 0) is 36.4 Å². The second kappa shape index (κ2) is 8.10. The Morgan fingerprint density at radius 2 is 1.93 bits per heavy atom. The molecular weight excluding hydrogens is 392 g/mol. The lowest BCUT2D eigenvalue weighted by Crippen LogP contribution is -2.32. The highest BCUT2D eigenvalue weighted by Gasteiger charge is 2.24. The van der Waals surface area contributed by atoms with Gasteiger partial charge in [-0.1, -0.05) is 24.3 Å². The maximum absolute atomic E-state index is 12.8. The number of furan rings is 1. The van der Waals surface area contributed by atoms with Crippen LogP contribution >= 0.6 is 0 Å². The highest BCUT2D eigenvalue weighted by Crippen LogP contribution is 2.31. The third-order valence-electron chi connectivity index (χ3n) is 4.69. The average molecular weight is 412 g/mol. The van der Waals surface area contributed by atoms with Crippen molar-refractivity contribution in [2.75, 3.05) is 6.61 Å². The summed E-state index contributed by atoms with van der Waals surface area (Å²) >= 11 is 0.